The number of imide groups is 1. The van der Waals surface area contributed by atoms with Crippen LogP contribution < -0.4 is 10.6 Å². The molecule has 21 heavy (non-hydrogen) atoms. The predicted octanol–water partition coefficient (Wildman–Crippen LogP) is 0.638. The second-order valence-electron chi connectivity index (χ2n) is 6.62. The molecule has 0 bridgehead atoms. The standard InChI is InChI=1S/C15H28N4O2/c1-4-18(11-12-6-5-7-16-10-12)8-9-19-13(20)15(2,3)17-14(19)21/h12,16H,4-11H2,1-3H3,(H,17,21). The third kappa shape index (κ3) is 3.95. The molecule has 2 saturated heterocycles. The van der Waals surface area contributed by atoms with Crippen LogP contribution in [0.15, 0.2) is 0 Å². The van der Waals surface area contributed by atoms with Crippen LogP contribution in [0.1, 0.15) is 33.6 Å². The maximum atomic E-state index is 12.1. The van der Waals surface area contributed by atoms with E-state index in [0.29, 0.717) is 12.5 Å². The number of likely N-dealkylation sites (N-methyl/N-ethyl adjacent to an activating group) is 1. The predicted molar refractivity (Wildman–Crippen MR) is 82.0 cm³/mol. The van der Waals surface area contributed by atoms with Crippen LogP contribution in [-0.4, -0.2) is 66.5 Å². The Morgan fingerprint density at radius 2 is 2.14 bits per heavy atom. The Morgan fingerprint density at radius 3 is 2.67 bits per heavy atom. The number of hydrogen-bond donors (Lipinski definition) is 2. The Labute approximate surface area is 127 Å². The van der Waals surface area contributed by atoms with Crippen LogP contribution in [0.25, 0.3) is 0 Å². The lowest BCUT2D eigenvalue weighted by atomic mass is 9.99. The average Bonchev–Trinajstić information content (AvgIpc) is 2.65. The van der Waals surface area contributed by atoms with Gasteiger partial charge in [-0.25, -0.2) is 4.79 Å². The number of piperidine rings is 1. The molecule has 0 radical (unpaired) electrons. The molecule has 2 rings (SSSR count). The number of rotatable bonds is 6. The molecule has 1 atom stereocenters. The zero-order valence-corrected chi connectivity index (χ0v) is 13.4. The van der Waals surface area contributed by atoms with Gasteiger partial charge in [0, 0.05) is 19.6 Å². The summed E-state index contributed by atoms with van der Waals surface area (Å²) in [6.45, 7) is 11.0. The number of amides is 3. The summed E-state index contributed by atoms with van der Waals surface area (Å²) in [7, 11) is 0. The van der Waals surface area contributed by atoms with E-state index >= 15 is 0 Å². The second-order valence-corrected chi connectivity index (χ2v) is 6.62. The largest absolute Gasteiger partial charge is 0.325 e. The average molecular weight is 296 g/mol. The SMILES string of the molecule is CCN(CCN1C(=O)NC(C)(C)C1=O)CC1CCCNC1. The van der Waals surface area contributed by atoms with E-state index in [1.807, 2.05) is 0 Å². The fraction of sp³-hybridized carbons (Fsp3) is 0.867. The van der Waals surface area contributed by atoms with Gasteiger partial charge in [0.25, 0.3) is 5.91 Å². The first-order chi connectivity index (χ1) is 9.94. The lowest BCUT2D eigenvalue weighted by molar-refractivity contribution is -0.130. The number of nitrogens with zero attached hydrogens (tertiary/aromatic N) is 2. The molecule has 0 saturated carbocycles. The van der Waals surface area contributed by atoms with E-state index in [9.17, 15) is 9.59 Å². The van der Waals surface area contributed by atoms with Crippen molar-refractivity contribution in [3.63, 3.8) is 0 Å². The molecule has 2 heterocycles. The summed E-state index contributed by atoms with van der Waals surface area (Å²) in [5.41, 5.74) is -0.762. The third-order valence-corrected chi connectivity index (χ3v) is 4.45. The van der Waals surface area contributed by atoms with Crippen molar-refractivity contribution in [1.82, 2.24) is 20.4 Å². The highest BCUT2D eigenvalue weighted by Gasteiger charge is 2.43. The topological polar surface area (TPSA) is 64.7 Å². The quantitative estimate of drug-likeness (QED) is 0.706. The number of carbonyl (C=O) groups is 2. The van der Waals surface area contributed by atoms with E-state index in [-0.39, 0.29) is 11.9 Å². The van der Waals surface area contributed by atoms with E-state index < -0.39 is 5.54 Å². The van der Waals surface area contributed by atoms with Gasteiger partial charge in [-0.3, -0.25) is 9.69 Å². The molecule has 0 spiro atoms. The van der Waals surface area contributed by atoms with Crippen molar-refractivity contribution < 1.29 is 9.59 Å². The Hall–Kier alpha value is -1.14. The molecule has 2 aliphatic heterocycles. The highest BCUT2D eigenvalue weighted by atomic mass is 16.2. The molecular formula is C15H28N4O2. The van der Waals surface area contributed by atoms with E-state index in [0.717, 1.165) is 32.7 Å². The van der Waals surface area contributed by atoms with Crippen molar-refractivity contribution in [3.05, 3.63) is 0 Å². The van der Waals surface area contributed by atoms with Crippen molar-refractivity contribution >= 4 is 11.9 Å². The fourth-order valence-electron chi connectivity index (χ4n) is 3.09. The summed E-state index contributed by atoms with van der Waals surface area (Å²) in [6.07, 6.45) is 2.50. The summed E-state index contributed by atoms with van der Waals surface area (Å²) in [5, 5.41) is 6.16. The fourth-order valence-corrected chi connectivity index (χ4v) is 3.09. The molecule has 6 heteroatoms. The molecule has 0 aromatic rings. The molecule has 120 valence electrons. The summed E-state index contributed by atoms with van der Waals surface area (Å²) in [6, 6.07) is -0.264. The molecule has 1 unspecified atom stereocenters. The first-order valence-corrected chi connectivity index (χ1v) is 8.01. The smallest absolute Gasteiger partial charge is 0.324 e. The maximum absolute atomic E-state index is 12.1. The summed E-state index contributed by atoms with van der Waals surface area (Å²) in [4.78, 5) is 27.7. The van der Waals surface area contributed by atoms with Crippen LogP contribution in [0.5, 0.6) is 0 Å². The van der Waals surface area contributed by atoms with Crippen LogP contribution in [0.4, 0.5) is 4.79 Å². The van der Waals surface area contributed by atoms with Gasteiger partial charge in [-0.1, -0.05) is 6.92 Å². The van der Waals surface area contributed by atoms with Gasteiger partial charge in [0.2, 0.25) is 0 Å². The van der Waals surface area contributed by atoms with Crippen molar-refractivity contribution in [2.45, 2.75) is 39.2 Å². The first-order valence-electron chi connectivity index (χ1n) is 8.01. The highest BCUT2D eigenvalue weighted by molar-refractivity contribution is 6.06. The number of hydrogen-bond acceptors (Lipinski definition) is 4. The van der Waals surface area contributed by atoms with Crippen molar-refractivity contribution in [2.24, 2.45) is 5.92 Å². The molecule has 2 N–H and O–H groups in total. The van der Waals surface area contributed by atoms with E-state index in [2.05, 4.69) is 22.5 Å². The Morgan fingerprint density at radius 1 is 1.38 bits per heavy atom. The van der Waals surface area contributed by atoms with Crippen molar-refractivity contribution in [2.75, 3.05) is 39.3 Å². The molecule has 2 fully saturated rings. The zero-order valence-electron chi connectivity index (χ0n) is 13.4. The first kappa shape index (κ1) is 16.2. The van der Waals surface area contributed by atoms with Crippen LogP contribution in [0.3, 0.4) is 0 Å². The minimum Gasteiger partial charge on any atom is -0.324 e. The maximum Gasteiger partial charge on any atom is 0.325 e. The Kier molecular flexibility index (Phi) is 5.22. The molecule has 0 aromatic heterocycles. The van der Waals surface area contributed by atoms with Crippen molar-refractivity contribution in [3.8, 4) is 0 Å². The van der Waals surface area contributed by atoms with Crippen LogP contribution >= 0.6 is 0 Å². The van der Waals surface area contributed by atoms with Crippen molar-refractivity contribution in [1.29, 1.82) is 0 Å². The molecule has 6 nitrogen and oxygen atoms in total. The van der Waals surface area contributed by atoms with Gasteiger partial charge < -0.3 is 15.5 Å². The molecule has 2 aliphatic rings. The zero-order chi connectivity index (χ0) is 15.5. The van der Waals surface area contributed by atoms with E-state index in [1.165, 1.54) is 17.7 Å². The molecule has 3 amide bonds. The van der Waals surface area contributed by atoms with Gasteiger partial charge >= 0.3 is 6.03 Å². The van der Waals surface area contributed by atoms with Gasteiger partial charge in [0.15, 0.2) is 0 Å². The van der Waals surface area contributed by atoms with Crippen LogP contribution in [-0.2, 0) is 4.79 Å². The molecular weight excluding hydrogens is 268 g/mol. The summed E-state index contributed by atoms with van der Waals surface area (Å²) < 4.78 is 0. The van der Waals surface area contributed by atoms with Gasteiger partial charge in [-0.05, 0) is 52.2 Å². The van der Waals surface area contributed by atoms with Gasteiger partial charge in [0.05, 0.1) is 0 Å². The third-order valence-electron chi connectivity index (χ3n) is 4.45. The highest BCUT2D eigenvalue weighted by Crippen LogP contribution is 2.17. The second kappa shape index (κ2) is 6.75. The Balaban J connectivity index is 1.82. The van der Waals surface area contributed by atoms with Gasteiger partial charge in [-0.15, -0.1) is 0 Å². The molecule has 0 aromatic carbocycles. The lowest BCUT2D eigenvalue weighted by Crippen LogP contribution is -2.44. The Bertz CT molecular complexity index is 391. The number of nitrogens with one attached hydrogen (secondary N) is 2. The number of carbonyl (C=O) groups excluding carboxylic acids is 2. The summed E-state index contributed by atoms with van der Waals surface area (Å²) >= 11 is 0. The minimum absolute atomic E-state index is 0.122. The monoisotopic (exact) mass is 296 g/mol. The van der Waals surface area contributed by atoms with Gasteiger partial charge in [-0.2, -0.15) is 0 Å². The minimum atomic E-state index is -0.762. The lowest BCUT2D eigenvalue weighted by Gasteiger charge is -2.30. The normalized spacial score (nSPS) is 25.5. The van der Waals surface area contributed by atoms with Crippen LogP contribution in [0, 0.1) is 5.92 Å². The summed E-state index contributed by atoms with van der Waals surface area (Å²) in [5.74, 6) is 0.557. The van der Waals surface area contributed by atoms with Gasteiger partial charge in [0.1, 0.15) is 5.54 Å². The molecule has 0 aliphatic carbocycles. The van der Waals surface area contributed by atoms with E-state index in [4.69, 9.17) is 0 Å². The van der Waals surface area contributed by atoms with E-state index in [1.54, 1.807) is 13.8 Å². The van der Waals surface area contributed by atoms with Crippen LogP contribution in [0.2, 0.25) is 0 Å². The number of urea groups is 1.